The standard InChI is InChI=1S/C20H18FNO/c21-18-11-5-3-10-16(18)20(23)17-13-22(14-7-1-2-8-14)19-12-6-4-9-15(17)19/h3-6,9-14H,1-2,7-8H2. The molecule has 0 atom stereocenters. The minimum atomic E-state index is -0.463. The van der Waals surface area contributed by atoms with E-state index in [-0.39, 0.29) is 11.3 Å². The van der Waals surface area contributed by atoms with Gasteiger partial charge in [-0.25, -0.2) is 4.39 Å². The van der Waals surface area contributed by atoms with E-state index in [1.807, 2.05) is 30.5 Å². The zero-order valence-corrected chi connectivity index (χ0v) is 12.8. The number of carbonyl (C=O) groups is 1. The summed E-state index contributed by atoms with van der Waals surface area (Å²) in [6.07, 6.45) is 6.68. The fraction of sp³-hybridized carbons (Fsp3) is 0.250. The number of para-hydroxylation sites is 1. The molecule has 0 amide bonds. The van der Waals surface area contributed by atoms with Gasteiger partial charge in [-0.3, -0.25) is 4.79 Å². The zero-order valence-electron chi connectivity index (χ0n) is 12.8. The van der Waals surface area contributed by atoms with E-state index >= 15 is 0 Å². The molecular formula is C20H18FNO. The van der Waals surface area contributed by atoms with E-state index in [1.165, 1.54) is 18.9 Å². The molecule has 1 aliphatic carbocycles. The summed E-state index contributed by atoms with van der Waals surface area (Å²) in [5, 5.41) is 0.910. The molecule has 1 aliphatic rings. The fourth-order valence-electron chi connectivity index (χ4n) is 3.66. The predicted molar refractivity (Wildman–Crippen MR) is 89.3 cm³/mol. The Kier molecular flexibility index (Phi) is 3.49. The second-order valence-corrected chi connectivity index (χ2v) is 6.21. The van der Waals surface area contributed by atoms with Crippen LogP contribution in [0.15, 0.2) is 54.7 Å². The van der Waals surface area contributed by atoms with Gasteiger partial charge in [0.15, 0.2) is 5.78 Å². The van der Waals surface area contributed by atoms with Gasteiger partial charge in [-0.15, -0.1) is 0 Å². The Morgan fingerprint density at radius 3 is 2.43 bits per heavy atom. The molecule has 3 aromatic rings. The summed E-state index contributed by atoms with van der Waals surface area (Å²) in [5.74, 6) is -0.703. The molecule has 0 N–H and O–H groups in total. The van der Waals surface area contributed by atoms with Gasteiger partial charge in [0.05, 0.1) is 5.56 Å². The van der Waals surface area contributed by atoms with Crippen molar-refractivity contribution in [3.05, 3.63) is 71.7 Å². The molecule has 0 unspecified atom stereocenters. The van der Waals surface area contributed by atoms with Crippen LogP contribution in [0.5, 0.6) is 0 Å². The van der Waals surface area contributed by atoms with Gasteiger partial charge < -0.3 is 4.57 Å². The van der Waals surface area contributed by atoms with E-state index in [4.69, 9.17) is 0 Å². The van der Waals surface area contributed by atoms with E-state index in [0.29, 0.717) is 11.6 Å². The summed E-state index contributed by atoms with van der Waals surface area (Å²) in [6, 6.07) is 14.6. The monoisotopic (exact) mass is 307 g/mol. The summed E-state index contributed by atoms with van der Waals surface area (Å²) in [5.41, 5.74) is 1.80. The number of halogens is 1. The minimum absolute atomic E-state index is 0.141. The molecule has 0 saturated heterocycles. The van der Waals surface area contributed by atoms with E-state index in [1.54, 1.807) is 18.2 Å². The van der Waals surface area contributed by atoms with Crippen LogP contribution < -0.4 is 0 Å². The number of benzene rings is 2. The van der Waals surface area contributed by atoms with Crippen molar-refractivity contribution >= 4 is 16.7 Å². The van der Waals surface area contributed by atoms with Crippen molar-refractivity contribution in [2.24, 2.45) is 0 Å². The van der Waals surface area contributed by atoms with E-state index in [0.717, 1.165) is 23.7 Å². The Hall–Kier alpha value is -2.42. The second kappa shape index (κ2) is 5.65. The molecule has 1 aromatic heterocycles. The SMILES string of the molecule is O=C(c1ccccc1F)c1cn(C2CCCC2)c2ccccc12. The molecule has 1 heterocycles. The normalized spacial score (nSPS) is 15.3. The van der Waals surface area contributed by atoms with Crippen LogP contribution in [0.1, 0.15) is 47.6 Å². The van der Waals surface area contributed by atoms with Crippen LogP contribution >= 0.6 is 0 Å². The summed E-state index contributed by atoms with van der Waals surface area (Å²) < 4.78 is 16.2. The third-order valence-electron chi connectivity index (χ3n) is 4.82. The van der Waals surface area contributed by atoms with E-state index in [2.05, 4.69) is 4.57 Å². The Morgan fingerprint density at radius 1 is 0.957 bits per heavy atom. The maximum Gasteiger partial charge on any atom is 0.198 e. The fourth-order valence-corrected chi connectivity index (χ4v) is 3.66. The summed E-state index contributed by atoms with van der Waals surface area (Å²) in [7, 11) is 0. The first-order chi connectivity index (χ1) is 11.3. The lowest BCUT2D eigenvalue weighted by molar-refractivity contribution is 0.103. The third-order valence-corrected chi connectivity index (χ3v) is 4.82. The average molecular weight is 307 g/mol. The molecule has 116 valence electrons. The summed E-state index contributed by atoms with van der Waals surface area (Å²) in [6.45, 7) is 0. The molecule has 0 spiro atoms. The maximum absolute atomic E-state index is 14.0. The number of fused-ring (bicyclic) bond motifs is 1. The highest BCUT2D eigenvalue weighted by Crippen LogP contribution is 2.35. The molecular weight excluding hydrogens is 289 g/mol. The summed E-state index contributed by atoms with van der Waals surface area (Å²) >= 11 is 0. The van der Waals surface area contributed by atoms with Crippen molar-refractivity contribution in [3.8, 4) is 0 Å². The molecule has 4 rings (SSSR count). The van der Waals surface area contributed by atoms with Crippen molar-refractivity contribution in [2.75, 3.05) is 0 Å². The number of hydrogen-bond donors (Lipinski definition) is 0. The van der Waals surface area contributed by atoms with E-state index in [9.17, 15) is 9.18 Å². The van der Waals surface area contributed by atoms with Gasteiger partial charge in [-0.1, -0.05) is 43.2 Å². The Labute approximate surface area is 134 Å². The van der Waals surface area contributed by atoms with Gasteiger partial charge >= 0.3 is 0 Å². The number of aromatic nitrogens is 1. The number of rotatable bonds is 3. The highest BCUT2D eigenvalue weighted by atomic mass is 19.1. The van der Waals surface area contributed by atoms with Crippen molar-refractivity contribution in [3.63, 3.8) is 0 Å². The molecule has 3 heteroatoms. The first-order valence-corrected chi connectivity index (χ1v) is 8.14. The lowest BCUT2D eigenvalue weighted by Crippen LogP contribution is -2.05. The number of hydrogen-bond acceptors (Lipinski definition) is 1. The molecule has 2 aromatic carbocycles. The third kappa shape index (κ3) is 2.37. The zero-order chi connectivity index (χ0) is 15.8. The molecule has 1 saturated carbocycles. The number of carbonyl (C=O) groups excluding carboxylic acids is 1. The minimum Gasteiger partial charge on any atom is -0.344 e. The maximum atomic E-state index is 14.0. The average Bonchev–Trinajstić information content (AvgIpc) is 3.22. The molecule has 1 fully saturated rings. The first kappa shape index (κ1) is 14.2. The van der Waals surface area contributed by atoms with Crippen molar-refractivity contribution < 1.29 is 9.18 Å². The highest BCUT2D eigenvalue weighted by molar-refractivity contribution is 6.16. The van der Waals surface area contributed by atoms with Gasteiger partial charge in [0, 0.05) is 28.7 Å². The summed E-state index contributed by atoms with van der Waals surface area (Å²) in [4.78, 5) is 12.9. The van der Waals surface area contributed by atoms with Crippen LogP contribution in [0.3, 0.4) is 0 Å². The van der Waals surface area contributed by atoms with Gasteiger partial charge in [0.25, 0.3) is 0 Å². The smallest absolute Gasteiger partial charge is 0.198 e. The lowest BCUT2D eigenvalue weighted by atomic mass is 10.0. The highest BCUT2D eigenvalue weighted by Gasteiger charge is 2.23. The van der Waals surface area contributed by atoms with Crippen LogP contribution in [-0.2, 0) is 0 Å². The Bertz CT molecular complexity index is 874. The molecule has 2 nitrogen and oxygen atoms in total. The van der Waals surface area contributed by atoms with Gasteiger partial charge in [-0.05, 0) is 31.0 Å². The van der Waals surface area contributed by atoms with Crippen LogP contribution in [0.4, 0.5) is 4.39 Å². The van der Waals surface area contributed by atoms with Crippen LogP contribution in [0.25, 0.3) is 10.9 Å². The number of ketones is 1. The first-order valence-electron chi connectivity index (χ1n) is 8.14. The van der Waals surface area contributed by atoms with Gasteiger partial charge in [0.2, 0.25) is 0 Å². The van der Waals surface area contributed by atoms with Crippen LogP contribution in [-0.4, -0.2) is 10.4 Å². The molecule has 0 radical (unpaired) electrons. The van der Waals surface area contributed by atoms with Crippen LogP contribution in [0.2, 0.25) is 0 Å². The predicted octanol–water partition coefficient (Wildman–Crippen LogP) is 5.13. The molecule has 23 heavy (non-hydrogen) atoms. The van der Waals surface area contributed by atoms with Crippen LogP contribution in [0, 0.1) is 5.82 Å². The molecule has 0 bridgehead atoms. The quantitative estimate of drug-likeness (QED) is 0.615. The Morgan fingerprint density at radius 2 is 1.65 bits per heavy atom. The molecule has 0 aliphatic heterocycles. The van der Waals surface area contributed by atoms with Gasteiger partial charge in [-0.2, -0.15) is 0 Å². The van der Waals surface area contributed by atoms with Gasteiger partial charge in [0.1, 0.15) is 5.82 Å². The van der Waals surface area contributed by atoms with Crippen molar-refractivity contribution in [2.45, 2.75) is 31.7 Å². The van der Waals surface area contributed by atoms with Crippen molar-refractivity contribution in [1.29, 1.82) is 0 Å². The van der Waals surface area contributed by atoms with Crippen molar-refractivity contribution in [1.82, 2.24) is 4.57 Å². The largest absolute Gasteiger partial charge is 0.344 e. The second-order valence-electron chi connectivity index (χ2n) is 6.21. The van der Waals surface area contributed by atoms with E-state index < -0.39 is 5.82 Å². The Balaban J connectivity index is 1.87. The lowest BCUT2D eigenvalue weighted by Gasteiger charge is -2.12. The number of nitrogens with zero attached hydrogens (tertiary/aromatic N) is 1. The topological polar surface area (TPSA) is 22.0 Å².